The number of fused-ring (bicyclic) bond motifs is 4. The topological polar surface area (TPSA) is 26.3 Å². The van der Waals surface area contributed by atoms with Gasteiger partial charge in [0.1, 0.15) is 5.60 Å². The molecule has 0 spiro atoms. The van der Waals surface area contributed by atoms with E-state index in [-0.39, 0.29) is 11.6 Å². The molecule has 2 heteroatoms. The summed E-state index contributed by atoms with van der Waals surface area (Å²) in [5, 5.41) is 0. The highest BCUT2D eigenvalue weighted by Crippen LogP contribution is 2.65. The van der Waals surface area contributed by atoms with Gasteiger partial charge >= 0.3 is 5.97 Å². The van der Waals surface area contributed by atoms with Gasteiger partial charge in [0.2, 0.25) is 0 Å². The number of hydrogen-bond acceptors (Lipinski definition) is 2. The first kappa shape index (κ1) is 13.5. The van der Waals surface area contributed by atoms with E-state index in [0.717, 1.165) is 18.8 Å². The molecule has 2 nitrogen and oxygen atoms in total. The fourth-order valence-corrected chi connectivity index (χ4v) is 5.59. The van der Waals surface area contributed by atoms with Crippen LogP contribution >= 0.6 is 0 Å². The highest BCUT2D eigenvalue weighted by atomic mass is 16.6. The van der Waals surface area contributed by atoms with Gasteiger partial charge in [0.05, 0.1) is 0 Å². The second-order valence-electron chi connectivity index (χ2n) is 8.44. The lowest BCUT2D eigenvalue weighted by atomic mass is 9.49. The fourth-order valence-electron chi connectivity index (χ4n) is 5.59. The number of carbonyl (C=O) groups excluding carboxylic acids is 1. The van der Waals surface area contributed by atoms with Crippen molar-refractivity contribution >= 4 is 5.97 Å². The molecule has 19 heavy (non-hydrogen) atoms. The Hall–Kier alpha value is -0.530. The standard InChI is InChI=1S/C17H28O2/c1-12(18)19-17-8-5-7-16(4,11-17)9-6-13-14(17)10-15(13,2)3/h13-14H,5-11H2,1-4H3/t13?,14?,16-,17+/m1/s1. The number of carbonyl (C=O) groups is 1. The smallest absolute Gasteiger partial charge is 0.303 e. The van der Waals surface area contributed by atoms with Crippen LogP contribution in [0.25, 0.3) is 0 Å². The van der Waals surface area contributed by atoms with Crippen LogP contribution in [0.15, 0.2) is 0 Å². The molecule has 2 unspecified atom stereocenters. The maximum atomic E-state index is 11.6. The van der Waals surface area contributed by atoms with Crippen LogP contribution in [0.3, 0.4) is 0 Å². The summed E-state index contributed by atoms with van der Waals surface area (Å²) in [6.07, 6.45) is 8.64. The zero-order valence-corrected chi connectivity index (χ0v) is 12.9. The molecule has 108 valence electrons. The summed E-state index contributed by atoms with van der Waals surface area (Å²) < 4.78 is 5.98. The van der Waals surface area contributed by atoms with Crippen molar-refractivity contribution in [1.29, 1.82) is 0 Å². The SMILES string of the molecule is CC(=O)O[C@]12CCC[C@](C)(CCC3C1CC3(C)C)C2. The van der Waals surface area contributed by atoms with Crippen LogP contribution in [0.2, 0.25) is 0 Å². The van der Waals surface area contributed by atoms with E-state index in [0.29, 0.717) is 16.7 Å². The molecular formula is C17H28O2. The van der Waals surface area contributed by atoms with Crippen molar-refractivity contribution in [2.75, 3.05) is 0 Å². The zero-order valence-electron chi connectivity index (χ0n) is 12.9. The van der Waals surface area contributed by atoms with E-state index in [1.165, 1.54) is 32.1 Å². The first-order valence-corrected chi connectivity index (χ1v) is 7.96. The van der Waals surface area contributed by atoms with Gasteiger partial charge < -0.3 is 4.74 Å². The molecular weight excluding hydrogens is 236 g/mol. The highest BCUT2D eigenvalue weighted by Gasteiger charge is 2.62. The molecule has 2 bridgehead atoms. The minimum atomic E-state index is -0.129. The van der Waals surface area contributed by atoms with Crippen LogP contribution in [0.5, 0.6) is 0 Å². The Balaban J connectivity index is 1.95. The molecule has 0 heterocycles. The molecule has 0 aliphatic heterocycles. The molecule has 0 aromatic heterocycles. The number of esters is 1. The van der Waals surface area contributed by atoms with Gasteiger partial charge in [-0.1, -0.05) is 20.8 Å². The summed E-state index contributed by atoms with van der Waals surface area (Å²) in [5.74, 6) is 1.30. The van der Waals surface area contributed by atoms with Gasteiger partial charge in [-0.05, 0) is 61.7 Å². The van der Waals surface area contributed by atoms with Gasteiger partial charge in [-0.3, -0.25) is 4.79 Å². The van der Waals surface area contributed by atoms with Gasteiger partial charge in [-0.15, -0.1) is 0 Å². The minimum absolute atomic E-state index is 0.0744. The van der Waals surface area contributed by atoms with Crippen molar-refractivity contribution in [2.24, 2.45) is 22.7 Å². The van der Waals surface area contributed by atoms with Gasteiger partial charge in [-0.2, -0.15) is 0 Å². The molecule has 3 aliphatic carbocycles. The molecule has 3 saturated carbocycles. The zero-order chi connectivity index (χ0) is 13.9. The van der Waals surface area contributed by atoms with E-state index in [4.69, 9.17) is 4.74 Å². The Kier molecular flexibility index (Phi) is 2.82. The van der Waals surface area contributed by atoms with E-state index >= 15 is 0 Å². The summed E-state index contributed by atoms with van der Waals surface area (Å²) >= 11 is 0. The van der Waals surface area contributed by atoms with Crippen LogP contribution in [0, 0.1) is 22.7 Å². The second kappa shape index (κ2) is 3.99. The van der Waals surface area contributed by atoms with Crippen LogP contribution in [0.4, 0.5) is 0 Å². The lowest BCUT2D eigenvalue weighted by Gasteiger charge is -2.59. The lowest BCUT2D eigenvalue weighted by Crippen LogP contribution is -2.57. The molecule has 0 radical (unpaired) electrons. The Morgan fingerprint density at radius 2 is 1.84 bits per heavy atom. The van der Waals surface area contributed by atoms with E-state index < -0.39 is 0 Å². The van der Waals surface area contributed by atoms with Crippen molar-refractivity contribution in [3.05, 3.63) is 0 Å². The monoisotopic (exact) mass is 264 g/mol. The molecule has 3 fully saturated rings. The van der Waals surface area contributed by atoms with E-state index in [1.54, 1.807) is 6.92 Å². The maximum Gasteiger partial charge on any atom is 0.303 e. The molecule has 0 N–H and O–H groups in total. The second-order valence-corrected chi connectivity index (χ2v) is 8.44. The van der Waals surface area contributed by atoms with Gasteiger partial charge in [0.25, 0.3) is 0 Å². The highest BCUT2D eigenvalue weighted by molar-refractivity contribution is 5.66. The summed E-state index contributed by atoms with van der Waals surface area (Å²) in [7, 11) is 0. The van der Waals surface area contributed by atoms with Crippen molar-refractivity contribution < 1.29 is 9.53 Å². The lowest BCUT2D eigenvalue weighted by molar-refractivity contribution is -0.199. The van der Waals surface area contributed by atoms with Crippen molar-refractivity contribution in [3.8, 4) is 0 Å². The molecule has 3 aliphatic rings. The third-order valence-corrected chi connectivity index (χ3v) is 6.42. The van der Waals surface area contributed by atoms with Crippen LogP contribution in [-0.4, -0.2) is 11.6 Å². The summed E-state index contributed by atoms with van der Waals surface area (Å²) in [6.45, 7) is 8.80. The first-order chi connectivity index (χ1) is 8.77. The Morgan fingerprint density at radius 3 is 2.47 bits per heavy atom. The first-order valence-electron chi connectivity index (χ1n) is 7.96. The largest absolute Gasteiger partial charge is 0.459 e. The van der Waals surface area contributed by atoms with Crippen molar-refractivity contribution in [3.63, 3.8) is 0 Å². The van der Waals surface area contributed by atoms with E-state index in [1.807, 2.05) is 0 Å². The fraction of sp³-hybridized carbons (Fsp3) is 0.941. The molecule has 0 saturated heterocycles. The number of hydrogen-bond donors (Lipinski definition) is 0. The number of rotatable bonds is 1. The van der Waals surface area contributed by atoms with Gasteiger partial charge in [0, 0.05) is 12.8 Å². The molecule has 4 atom stereocenters. The van der Waals surface area contributed by atoms with Crippen LogP contribution < -0.4 is 0 Å². The molecule has 3 rings (SSSR count). The van der Waals surface area contributed by atoms with Gasteiger partial charge in [0.15, 0.2) is 0 Å². The Labute approximate surface area is 117 Å². The van der Waals surface area contributed by atoms with E-state index in [2.05, 4.69) is 20.8 Å². The quantitative estimate of drug-likeness (QED) is 0.659. The van der Waals surface area contributed by atoms with Crippen molar-refractivity contribution in [1.82, 2.24) is 0 Å². The average Bonchev–Trinajstić information content (AvgIpc) is 2.30. The molecule has 0 aromatic rings. The summed E-state index contributed by atoms with van der Waals surface area (Å²) in [6, 6.07) is 0. The molecule has 0 amide bonds. The summed E-state index contributed by atoms with van der Waals surface area (Å²) in [5.41, 5.74) is 0.724. The predicted molar refractivity (Wildman–Crippen MR) is 75.7 cm³/mol. The Morgan fingerprint density at radius 1 is 1.11 bits per heavy atom. The molecule has 0 aromatic carbocycles. The van der Waals surface area contributed by atoms with Gasteiger partial charge in [-0.25, -0.2) is 0 Å². The van der Waals surface area contributed by atoms with Crippen LogP contribution in [0.1, 0.15) is 72.6 Å². The third-order valence-electron chi connectivity index (χ3n) is 6.42. The normalized spacial score (nSPS) is 47.6. The minimum Gasteiger partial charge on any atom is -0.459 e. The van der Waals surface area contributed by atoms with Crippen molar-refractivity contribution in [2.45, 2.75) is 78.2 Å². The maximum absolute atomic E-state index is 11.6. The predicted octanol–water partition coefficient (Wildman–Crippen LogP) is 4.32. The summed E-state index contributed by atoms with van der Waals surface area (Å²) in [4.78, 5) is 11.6. The third kappa shape index (κ3) is 2.02. The Bertz CT molecular complexity index is 400. The van der Waals surface area contributed by atoms with Crippen LogP contribution in [-0.2, 0) is 9.53 Å². The van der Waals surface area contributed by atoms with E-state index in [9.17, 15) is 4.79 Å². The average molecular weight is 264 g/mol. The number of ether oxygens (including phenoxy) is 1.